The number of amides is 2. The van der Waals surface area contributed by atoms with Gasteiger partial charge in [0.05, 0.1) is 16.1 Å². The molecule has 0 aliphatic heterocycles. The summed E-state index contributed by atoms with van der Waals surface area (Å²) in [7, 11) is 0. The molecule has 0 spiro atoms. The Hall–Kier alpha value is -2.93. The van der Waals surface area contributed by atoms with Gasteiger partial charge in [-0.2, -0.15) is 0 Å². The summed E-state index contributed by atoms with van der Waals surface area (Å²) >= 11 is 1.20. The van der Waals surface area contributed by atoms with Crippen LogP contribution in [-0.4, -0.2) is 18.4 Å². The van der Waals surface area contributed by atoms with Gasteiger partial charge in [0.1, 0.15) is 5.82 Å². The molecule has 0 unspecified atom stereocenters. The van der Waals surface area contributed by atoms with Gasteiger partial charge in [-0.05, 0) is 61.9 Å². The van der Waals surface area contributed by atoms with Gasteiger partial charge in [0.15, 0.2) is 5.76 Å². The summed E-state index contributed by atoms with van der Waals surface area (Å²) in [6.45, 7) is 4.10. The highest BCUT2D eigenvalue weighted by atomic mass is 32.1. The molecule has 2 aromatic heterocycles. The van der Waals surface area contributed by atoms with Crippen LogP contribution in [0.5, 0.6) is 0 Å². The van der Waals surface area contributed by atoms with E-state index in [-0.39, 0.29) is 23.4 Å². The Bertz CT molecular complexity index is 917. The van der Waals surface area contributed by atoms with Crippen molar-refractivity contribution in [3.8, 4) is 0 Å². The highest BCUT2D eigenvalue weighted by Crippen LogP contribution is 2.30. The standard InChI is InChI=1S/C19H17FN2O3S/c1-3-22(14-8-6-13(20)7-9-14)19(24)17-12(2)11-16(26-17)21-18(23)15-5-4-10-25-15/h4-11H,3H2,1-2H3,(H,21,23). The average molecular weight is 372 g/mol. The van der Waals surface area contributed by atoms with Crippen molar-refractivity contribution in [3.63, 3.8) is 0 Å². The van der Waals surface area contributed by atoms with E-state index in [4.69, 9.17) is 4.42 Å². The summed E-state index contributed by atoms with van der Waals surface area (Å²) in [4.78, 5) is 27.1. The third kappa shape index (κ3) is 3.67. The van der Waals surface area contributed by atoms with Crippen LogP contribution >= 0.6 is 11.3 Å². The molecule has 0 fully saturated rings. The molecule has 1 aromatic carbocycles. The third-order valence-electron chi connectivity index (χ3n) is 3.79. The summed E-state index contributed by atoms with van der Waals surface area (Å²) in [6, 6.07) is 10.7. The molecule has 0 radical (unpaired) electrons. The first-order valence-corrected chi connectivity index (χ1v) is 8.84. The van der Waals surface area contributed by atoms with Crippen LogP contribution in [0.15, 0.2) is 53.1 Å². The Morgan fingerprint density at radius 2 is 1.96 bits per heavy atom. The lowest BCUT2D eigenvalue weighted by molar-refractivity contribution is 0.0986. The number of furan rings is 1. The van der Waals surface area contributed by atoms with E-state index in [0.29, 0.717) is 22.1 Å². The average Bonchev–Trinajstić information content (AvgIpc) is 3.27. The summed E-state index contributed by atoms with van der Waals surface area (Å²) in [5.41, 5.74) is 1.38. The summed E-state index contributed by atoms with van der Waals surface area (Å²) in [5, 5.41) is 3.29. The maximum absolute atomic E-state index is 13.1. The molecule has 0 atom stereocenters. The van der Waals surface area contributed by atoms with E-state index >= 15 is 0 Å². The van der Waals surface area contributed by atoms with Gasteiger partial charge in [0.2, 0.25) is 0 Å². The van der Waals surface area contributed by atoms with E-state index in [1.807, 2.05) is 13.8 Å². The molecule has 7 heteroatoms. The molecule has 1 N–H and O–H groups in total. The number of benzene rings is 1. The number of nitrogens with zero attached hydrogens (tertiary/aromatic N) is 1. The number of halogens is 1. The van der Waals surface area contributed by atoms with Crippen LogP contribution in [0.4, 0.5) is 15.1 Å². The SMILES string of the molecule is CCN(C(=O)c1sc(NC(=O)c2ccco2)cc1C)c1ccc(F)cc1. The first-order chi connectivity index (χ1) is 12.5. The highest BCUT2D eigenvalue weighted by molar-refractivity contribution is 7.18. The molecule has 0 saturated carbocycles. The van der Waals surface area contributed by atoms with Gasteiger partial charge in [-0.25, -0.2) is 4.39 Å². The zero-order valence-electron chi connectivity index (χ0n) is 14.3. The smallest absolute Gasteiger partial charge is 0.291 e. The quantitative estimate of drug-likeness (QED) is 0.706. The van der Waals surface area contributed by atoms with Crippen LogP contribution in [0.2, 0.25) is 0 Å². The van der Waals surface area contributed by atoms with E-state index in [2.05, 4.69) is 5.32 Å². The topological polar surface area (TPSA) is 62.6 Å². The molecular formula is C19H17FN2O3S. The number of aryl methyl sites for hydroxylation is 1. The maximum atomic E-state index is 13.1. The number of thiophene rings is 1. The lowest BCUT2D eigenvalue weighted by Crippen LogP contribution is -2.30. The Balaban J connectivity index is 1.82. The predicted octanol–water partition coefficient (Wildman–Crippen LogP) is 4.71. The van der Waals surface area contributed by atoms with Crippen molar-refractivity contribution in [1.82, 2.24) is 0 Å². The van der Waals surface area contributed by atoms with E-state index < -0.39 is 0 Å². The minimum absolute atomic E-state index is 0.194. The van der Waals surface area contributed by atoms with E-state index in [1.54, 1.807) is 35.2 Å². The number of hydrogen-bond acceptors (Lipinski definition) is 4. The summed E-state index contributed by atoms with van der Waals surface area (Å²) < 4.78 is 18.2. The van der Waals surface area contributed by atoms with Crippen LogP contribution in [0.3, 0.4) is 0 Å². The minimum atomic E-state index is -0.374. The summed E-state index contributed by atoms with van der Waals surface area (Å²) in [5.74, 6) is -0.723. The van der Waals surface area contributed by atoms with Gasteiger partial charge in [-0.3, -0.25) is 9.59 Å². The van der Waals surface area contributed by atoms with E-state index in [0.717, 1.165) is 5.56 Å². The van der Waals surface area contributed by atoms with Crippen molar-refractivity contribution in [2.45, 2.75) is 13.8 Å². The predicted molar refractivity (Wildman–Crippen MR) is 99.5 cm³/mol. The zero-order valence-corrected chi connectivity index (χ0v) is 15.1. The van der Waals surface area contributed by atoms with E-state index in [1.165, 1.54) is 29.7 Å². The van der Waals surface area contributed by atoms with E-state index in [9.17, 15) is 14.0 Å². The third-order valence-corrected chi connectivity index (χ3v) is 4.93. The second kappa shape index (κ2) is 7.53. The molecule has 0 aliphatic carbocycles. The number of carbonyl (C=O) groups excluding carboxylic acids is 2. The number of rotatable bonds is 5. The number of carbonyl (C=O) groups is 2. The van der Waals surface area contributed by atoms with Crippen molar-refractivity contribution in [2.24, 2.45) is 0 Å². The number of anilines is 2. The monoisotopic (exact) mass is 372 g/mol. The molecule has 0 saturated heterocycles. The molecule has 3 rings (SSSR count). The Morgan fingerprint density at radius 3 is 2.58 bits per heavy atom. The second-order valence-corrected chi connectivity index (χ2v) is 6.63. The minimum Gasteiger partial charge on any atom is -0.459 e. The summed E-state index contributed by atoms with van der Waals surface area (Å²) in [6.07, 6.45) is 1.42. The van der Waals surface area contributed by atoms with Gasteiger partial charge >= 0.3 is 0 Å². The first-order valence-electron chi connectivity index (χ1n) is 8.02. The van der Waals surface area contributed by atoms with Crippen molar-refractivity contribution >= 4 is 33.8 Å². The van der Waals surface area contributed by atoms with Crippen LogP contribution in [-0.2, 0) is 0 Å². The van der Waals surface area contributed by atoms with Gasteiger partial charge in [-0.15, -0.1) is 11.3 Å². The van der Waals surface area contributed by atoms with Crippen molar-refractivity contribution in [1.29, 1.82) is 0 Å². The fourth-order valence-electron chi connectivity index (χ4n) is 2.52. The molecular weight excluding hydrogens is 355 g/mol. The fourth-order valence-corrected chi connectivity index (χ4v) is 3.54. The fraction of sp³-hybridized carbons (Fsp3) is 0.158. The van der Waals surface area contributed by atoms with Crippen LogP contribution < -0.4 is 10.2 Å². The molecule has 5 nitrogen and oxygen atoms in total. The van der Waals surface area contributed by atoms with Crippen molar-refractivity contribution < 1.29 is 18.4 Å². The lowest BCUT2D eigenvalue weighted by atomic mass is 10.2. The molecule has 0 aliphatic rings. The molecule has 26 heavy (non-hydrogen) atoms. The lowest BCUT2D eigenvalue weighted by Gasteiger charge is -2.20. The largest absolute Gasteiger partial charge is 0.459 e. The Morgan fingerprint density at radius 1 is 1.23 bits per heavy atom. The zero-order chi connectivity index (χ0) is 18.7. The van der Waals surface area contributed by atoms with Gasteiger partial charge in [0, 0.05) is 12.2 Å². The molecule has 2 heterocycles. The Kier molecular flexibility index (Phi) is 5.18. The maximum Gasteiger partial charge on any atom is 0.291 e. The molecule has 2 amide bonds. The first kappa shape index (κ1) is 17.9. The molecule has 3 aromatic rings. The van der Waals surface area contributed by atoms with Gasteiger partial charge in [-0.1, -0.05) is 0 Å². The molecule has 0 bridgehead atoms. The highest BCUT2D eigenvalue weighted by Gasteiger charge is 2.22. The van der Waals surface area contributed by atoms with Crippen molar-refractivity contribution in [2.75, 3.05) is 16.8 Å². The second-order valence-electron chi connectivity index (χ2n) is 5.58. The van der Waals surface area contributed by atoms with Gasteiger partial charge < -0.3 is 14.6 Å². The number of nitrogens with one attached hydrogen (secondary N) is 1. The van der Waals surface area contributed by atoms with Gasteiger partial charge in [0.25, 0.3) is 11.8 Å². The van der Waals surface area contributed by atoms with Crippen LogP contribution in [0.25, 0.3) is 0 Å². The van der Waals surface area contributed by atoms with Crippen LogP contribution in [0.1, 0.15) is 32.7 Å². The number of hydrogen-bond donors (Lipinski definition) is 1. The normalized spacial score (nSPS) is 10.6. The molecule has 134 valence electrons. The van der Waals surface area contributed by atoms with Crippen molar-refractivity contribution in [3.05, 3.63) is 70.7 Å². The Labute approximate surface area is 154 Å². The van der Waals surface area contributed by atoms with Crippen LogP contribution in [0, 0.1) is 12.7 Å².